The zero-order chi connectivity index (χ0) is 21.5. The molecule has 7 nitrogen and oxygen atoms in total. The summed E-state index contributed by atoms with van der Waals surface area (Å²) < 4.78 is 5.53. The van der Waals surface area contributed by atoms with Crippen LogP contribution in [0.2, 0.25) is 5.02 Å². The Bertz CT molecular complexity index is 1010. The standard InChI is InChI=1S/C22H27ClN6O/c1-14-27-28(3)21-22(2,25-12-11-24)26-20(15-5-7-16(23)8-6-15)18-13-17(30-4)9-10-19(18)29(14)21/h5-10,13,21,25H,11-12,24H2,1-4H3. The zero-order valence-corrected chi connectivity index (χ0v) is 18.4. The summed E-state index contributed by atoms with van der Waals surface area (Å²) in [5.41, 5.74) is 9.01. The minimum absolute atomic E-state index is 0.152. The average Bonchev–Trinajstić information content (AvgIpc) is 2.98. The number of hydrogen-bond donors (Lipinski definition) is 2. The molecule has 2 aromatic carbocycles. The number of rotatable bonds is 5. The maximum absolute atomic E-state index is 6.15. The normalized spacial score (nSPS) is 22.8. The van der Waals surface area contributed by atoms with E-state index < -0.39 is 5.66 Å². The highest BCUT2D eigenvalue weighted by atomic mass is 35.5. The highest BCUT2D eigenvalue weighted by Gasteiger charge is 2.48. The van der Waals surface area contributed by atoms with Crippen molar-refractivity contribution in [2.45, 2.75) is 25.7 Å². The molecule has 2 atom stereocenters. The van der Waals surface area contributed by atoms with E-state index in [2.05, 4.69) is 23.2 Å². The van der Waals surface area contributed by atoms with Crippen molar-refractivity contribution in [3.63, 3.8) is 0 Å². The predicted molar refractivity (Wildman–Crippen MR) is 123 cm³/mol. The second kappa shape index (κ2) is 7.91. The number of hydrogen-bond acceptors (Lipinski definition) is 7. The third-order valence-electron chi connectivity index (χ3n) is 5.56. The van der Waals surface area contributed by atoms with Gasteiger partial charge >= 0.3 is 0 Å². The number of nitrogens with one attached hydrogen (secondary N) is 1. The molecule has 0 saturated heterocycles. The van der Waals surface area contributed by atoms with Gasteiger partial charge in [-0.2, -0.15) is 5.10 Å². The third-order valence-corrected chi connectivity index (χ3v) is 5.81. The van der Waals surface area contributed by atoms with Gasteiger partial charge in [0.15, 0.2) is 6.17 Å². The highest BCUT2D eigenvalue weighted by molar-refractivity contribution is 6.30. The van der Waals surface area contributed by atoms with E-state index in [1.807, 2.05) is 55.4 Å². The van der Waals surface area contributed by atoms with Crippen LogP contribution in [0.3, 0.4) is 0 Å². The van der Waals surface area contributed by atoms with Crippen molar-refractivity contribution in [2.24, 2.45) is 15.8 Å². The molecule has 0 aliphatic carbocycles. The first-order valence-corrected chi connectivity index (χ1v) is 10.3. The zero-order valence-electron chi connectivity index (χ0n) is 17.7. The lowest BCUT2D eigenvalue weighted by molar-refractivity contribution is 0.163. The molecule has 0 fully saturated rings. The third kappa shape index (κ3) is 3.43. The molecule has 8 heteroatoms. The number of fused-ring (bicyclic) bond motifs is 3. The van der Waals surface area contributed by atoms with Crippen molar-refractivity contribution >= 4 is 28.8 Å². The molecule has 2 aliphatic rings. The molecule has 0 aromatic heterocycles. The summed E-state index contributed by atoms with van der Waals surface area (Å²) in [5, 5.41) is 10.9. The Labute approximate surface area is 182 Å². The summed E-state index contributed by atoms with van der Waals surface area (Å²) in [7, 11) is 3.64. The molecule has 30 heavy (non-hydrogen) atoms. The number of anilines is 1. The Morgan fingerprint density at radius 2 is 1.97 bits per heavy atom. The molecule has 0 spiro atoms. The number of ether oxygens (including phenoxy) is 1. The Morgan fingerprint density at radius 1 is 1.23 bits per heavy atom. The van der Waals surface area contributed by atoms with E-state index >= 15 is 0 Å². The first-order valence-electron chi connectivity index (χ1n) is 9.94. The molecule has 2 aromatic rings. The minimum atomic E-state index is -0.670. The van der Waals surface area contributed by atoms with Crippen LogP contribution in [0.5, 0.6) is 5.75 Å². The van der Waals surface area contributed by atoms with Crippen LogP contribution in [-0.2, 0) is 0 Å². The van der Waals surface area contributed by atoms with Gasteiger partial charge in [0.1, 0.15) is 17.2 Å². The summed E-state index contributed by atoms with van der Waals surface area (Å²) in [6.07, 6.45) is -0.152. The number of hydrazone groups is 1. The van der Waals surface area contributed by atoms with E-state index in [0.29, 0.717) is 18.1 Å². The minimum Gasteiger partial charge on any atom is -0.497 e. The monoisotopic (exact) mass is 426 g/mol. The lowest BCUT2D eigenvalue weighted by Gasteiger charge is -2.40. The van der Waals surface area contributed by atoms with Gasteiger partial charge in [0.05, 0.1) is 18.5 Å². The first kappa shape index (κ1) is 20.7. The van der Waals surface area contributed by atoms with Crippen molar-refractivity contribution in [1.82, 2.24) is 10.3 Å². The van der Waals surface area contributed by atoms with Gasteiger partial charge in [-0.05, 0) is 44.2 Å². The van der Waals surface area contributed by atoms with E-state index in [-0.39, 0.29) is 6.17 Å². The second-order valence-electron chi connectivity index (χ2n) is 7.68. The van der Waals surface area contributed by atoms with Gasteiger partial charge < -0.3 is 15.4 Å². The Morgan fingerprint density at radius 3 is 2.63 bits per heavy atom. The van der Waals surface area contributed by atoms with Crippen molar-refractivity contribution in [2.75, 3.05) is 32.1 Å². The lowest BCUT2D eigenvalue weighted by atomic mass is 9.99. The van der Waals surface area contributed by atoms with Gasteiger partial charge in [0, 0.05) is 36.3 Å². The molecule has 0 radical (unpaired) electrons. The van der Waals surface area contributed by atoms with Crippen LogP contribution in [0.25, 0.3) is 0 Å². The molecule has 0 amide bonds. The van der Waals surface area contributed by atoms with Gasteiger partial charge in [-0.3, -0.25) is 15.3 Å². The summed E-state index contributed by atoms with van der Waals surface area (Å²) >= 11 is 6.15. The molecule has 4 rings (SSSR count). The summed E-state index contributed by atoms with van der Waals surface area (Å²) in [6, 6.07) is 13.8. The summed E-state index contributed by atoms with van der Waals surface area (Å²) in [5.74, 6) is 1.68. The van der Waals surface area contributed by atoms with Gasteiger partial charge in [0.25, 0.3) is 0 Å². The van der Waals surface area contributed by atoms with Gasteiger partial charge in [0.2, 0.25) is 0 Å². The smallest absolute Gasteiger partial charge is 0.161 e. The summed E-state index contributed by atoms with van der Waals surface area (Å²) in [6.45, 7) is 5.24. The van der Waals surface area contributed by atoms with Crippen molar-refractivity contribution in [3.8, 4) is 5.75 Å². The fourth-order valence-corrected chi connectivity index (χ4v) is 4.40. The molecule has 2 heterocycles. The van der Waals surface area contributed by atoms with E-state index in [4.69, 9.17) is 32.2 Å². The molecule has 158 valence electrons. The van der Waals surface area contributed by atoms with Crippen LogP contribution in [-0.4, -0.2) is 55.6 Å². The van der Waals surface area contributed by atoms with Crippen LogP contribution in [0.15, 0.2) is 52.6 Å². The lowest BCUT2D eigenvalue weighted by Crippen LogP contribution is -2.62. The van der Waals surface area contributed by atoms with Crippen molar-refractivity contribution in [1.29, 1.82) is 0 Å². The van der Waals surface area contributed by atoms with Crippen LogP contribution >= 0.6 is 11.6 Å². The average molecular weight is 427 g/mol. The van der Waals surface area contributed by atoms with Gasteiger partial charge in [-0.15, -0.1) is 0 Å². The number of halogens is 1. The largest absolute Gasteiger partial charge is 0.497 e. The van der Waals surface area contributed by atoms with E-state index in [1.165, 1.54) is 0 Å². The molecule has 2 unspecified atom stereocenters. The number of amidine groups is 1. The maximum atomic E-state index is 6.15. The van der Waals surface area contributed by atoms with Gasteiger partial charge in [-0.25, -0.2) is 0 Å². The fourth-order valence-electron chi connectivity index (χ4n) is 4.27. The van der Waals surface area contributed by atoms with Crippen LogP contribution < -0.4 is 20.7 Å². The quantitative estimate of drug-likeness (QED) is 0.768. The fraction of sp³-hybridized carbons (Fsp3) is 0.364. The second-order valence-corrected chi connectivity index (χ2v) is 8.11. The molecule has 3 N–H and O–H groups in total. The van der Waals surface area contributed by atoms with Crippen molar-refractivity contribution in [3.05, 3.63) is 58.6 Å². The summed E-state index contributed by atoms with van der Waals surface area (Å²) in [4.78, 5) is 7.51. The van der Waals surface area contributed by atoms with Crippen LogP contribution in [0.4, 0.5) is 5.69 Å². The van der Waals surface area contributed by atoms with E-state index in [9.17, 15) is 0 Å². The Hall–Kier alpha value is -2.61. The number of aliphatic imine (C=N–C) groups is 1. The highest BCUT2D eigenvalue weighted by Crippen LogP contribution is 2.39. The number of likely N-dealkylation sites (N-methyl/N-ethyl adjacent to an activating group) is 1. The maximum Gasteiger partial charge on any atom is 0.161 e. The molecule has 0 bridgehead atoms. The number of nitrogens with zero attached hydrogens (tertiary/aromatic N) is 4. The first-order chi connectivity index (χ1) is 14.4. The number of nitrogens with two attached hydrogens (primary N) is 1. The van der Waals surface area contributed by atoms with Gasteiger partial charge in [-0.1, -0.05) is 23.7 Å². The Kier molecular flexibility index (Phi) is 5.44. The molecule has 2 aliphatic heterocycles. The molecular formula is C22H27ClN6O. The Balaban J connectivity index is 1.99. The van der Waals surface area contributed by atoms with Crippen LogP contribution in [0, 0.1) is 0 Å². The topological polar surface area (TPSA) is 78.5 Å². The number of methoxy groups -OCH3 is 1. The molecule has 0 saturated carbocycles. The van der Waals surface area contributed by atoms with Crippen LogP contribution in [0.1, 0.15) is 25.0 Å². The van der Waals surface area contributed by atoms with E-state index in [1.54, 1.807) is 7.11 Å². The van der Waals surface area contributed by atoms with Crippen molar-refractivity contribution < 1.29 is 4.74 Å². The van der Waals surface area contributed by atoms with E-state index in [0.717, 1.165) is 34.1 Å². The SMILES string of the molecule is COc1ccc2c(c1)C(c1ccc(Cl)cc1)=NC(C)(NCCN)C1N(C)N=C(C)N21. The number of benzene rings is 2. The molecular weight excluding hydrogens is 400 g/mol. The predicted octanol–water partition coefficient (Wildman–Crippen LogP) is 2.88.